The highest BCUT2D eigenvalue weighted by molar-refractivity contribution is 5.85. The zero-order valence-electron chi connectivity index (χ0n) is 24.4. The predicted octanol–water partition coefficient (Wildman–Crippen LogP) is 6.41. The molecule has 41 heavy (non-hydrogen) atoms. The number of anilines is 2. The summed E-state index contributed by atoms with van der Waals surface area (Å²) in [5.41, 5.74) is 5.14. The summed E-state index contributed by atoms with van der Waals surface area (Å²) in [6.07, 6.45) is 8.72. The summed E-state index contributed by atoms with van der Waals surface area (Å²) in [5.74, 6) is 1.32. The molecule has 2 N–H and O–H groups in total. The lowest BCUT2D eigenvalue weighted by atomic mass is 9.98. The maximum absolute atomic E-state index is 11.1. The quantitative estimate of drug-likeness (QED) is 0.255. The van der Waals surface area contributed by atoms with Crippen LogP contribution in [0, 0.1) is 6.92 Å². The minimum absolute atomic E-state index is 0.544. The molecule has 0 bridgehead atoms. The van der Waals surface area contributed by atoms with E-state index in [-0.39, 0.29) is 0 Å². The summed E-state index contributed by atoms with van der Waals surface area (Å²) in [4.78, 5) is 17.1. The van der Waals surface area contributed by atoms with Gasteiger partial charge in [-0.2, -0.15) is 4.98 Å². The van der Waals surface area contributed by atoms with Gasteiger partial charge in [0.2, 0.25) is 5.95 Å². The Morgan fingerprint density at radius 2 is 1.88 bits per heavy atom. The van der Waals surface area contributed by atoms with Crippen LogP contribution >= 0.6 is 0 Å². The second kappa shape index (κ2) is 9.96. The molecule has 4 aromatic heterocycles. The first kappa shape index (κ1) is 26.2. The van der Waals surface area contributed by atoms with Crippen molar-refractivity contribution in [3.05, 3.63) is 71.8 Å². The third-order valence-corrected chi connectivity index (χ3v) is 9.35. The van der Waals surface area contributed by atoms with Gasteiger partial charge < -0.3 is 19.9 Å². The molecule has 7 rings (SSSR count). The van der Waals surface area contributed by atoms with E-state index in [9.17, 15) is 5.11 Å². The minimum atomic E-state index is -0.854. The number of nitrogens with zero attached hydrogens (tertiary/aromatic N) is 6. The van der Waals surface area contributed by atoms with E-state index in [1.165, 1.54) is 23.7 Å². The topological polar surface area (TPSA) is 84.0 Å². The molecule has 0 amide bonds. The summed E-state index contributed by atoms with van der Waals surface area (Å²) in [5, 5.41) is 16.7. The Bertz CT molecular complexity index is 1740. The molecule has 1 saturated heterocycles. The Morgan fingerprint density at radius 3 is 2.66 bits per heavy atom. The minimum Gasteiger partial charge on any atom is -0.384 e. The van der Waals surface area contributed by atoms with Gasteiger partial charge in [-0.3, -0.25) is 4.57 Å². The number of hydrogen-bond donors (Lipinski definition) is 2. The van der Waals surface area contributed by atoms with Gasteiger partial charge in [-0.15, -0.1) is 0 Å². The van der Waals surface area contributed by atoms with Gasteiger partial charge in [0.05, 0.1) is 5.69 Å². The lowest BCUT2D eigenvalue weighted by Gasteiger charge is -2.35. The largest absolute Gasteiger partial charge is 0.384 e. The van der Waals surface area contributed by atoms with E-state index in [1.807, 2.05) is 19.2 Å². The Labute approximate surface area is 241 Å². The van der Waals surface area contributed by atoms with Crippen molar-refractivity contribution >= 4 is 33.6 Å². The van der Waals surface area contributed by atoms with Crippen LogP contribution in [-0.4, -0.2) is 53.2 Å². The molecule has 5 heterocycles. The van der Waals surface area contributed by atoms with Crippen LogP contribution in [0.1, 0.15) is 69.4 Å². The molecule has 0 unspecified atom stereocenters. The fraction of sp³-hybridized carbons (Fsp3) is 0.424. The van der Waals surface area contributed by atoms with Crippen LogP contribution in [-0.2, 0) is 12.0 Å². The number of piperidine rings is 1. The van der Waals surface area contributed by atoms with Crippen molar-refractivity contribution in [1.29, 1.82) is 0 Å². The van der Waals surface area contributed by atoms with Crippen molar-refractivity contribution in [1.82, 2.24) is 29.0 Å². The maximum atomic E-state index is 11.1. The number of aromatic nitrogens is 5. The summed E-state index contributed by atoms with van der Waals surface area (Å²) >= 11 is 0. The Hall–Kier alpha value is -3.75. The maximum Gasteiger partial charge on any atom is 0.229 e. The molecule has 1 fully saturated rings. The molecule has 0 spiro atoms. The number of benzene rings is 1. The van der Waals surface area contributed by atoms with Gasteiger partial charge in [0.1, 0.15) is 11.4 Å². The summed E-state index contributed by atoms with van der Waals surface area (Å²) in [7, 11) is 0. The third-order valence-electron chi connectivity index (χ3n) is 9.35. The molecule has 1 aliphatic carbocycles. The number of aliphatic hydroxyl groups is 1. The number of fused-ring (bicyclic) bond motifs is 3. The van der Waals surface area contributed by atoms with E-state index >= 15 is 0 Å². The van der Waals surface area contributed by atoms with Gasteiger partial charge in [-0.05, 0) is 94.8 Å². The Balaban J connectivity index is 1.16. The van der Waals surface area contributed by atoms with Crippen molar-refractivity contribution in [2.45, 2.75) is 77.5 Å². The average molecular weight is 550 g/mol. The second-order valence-electron chi connectivity index (χ2n) is 12.1. The van der Waals surface area contributed by atoms with Crippen LogP contribution in [0.15, 0.2) is 54.9 Å². The first-order chi connectivity index (χ1) is 19.8. The molecule has 212 valence electrons. The van der Waals surface area contributed by atoms with Gasteiger partial charge in [-0.25, -0.2) is 9.97 Å². The van der Waals surface area contributed by atoms with Crippen molar-refractivity contribution in [2.75, 3.05) is 18.4 Å². The van der Waals surface area contributed by atoms with Crippen molar-refractivity contribution in [2.24, 2.45) is 0 Å². The number of pyridine rings is 1. The van der Waals surface area contributed by atoms with Crippen LogP contribution in [0.25, 0.3) is 27.8 Å². The summed E-state index contributed by atoms with van der Waals surface area (Å²) in [6.45, 7) is 11.0. The zero-order valence-corrected chi connectivity index (χ0v) is 24.4. The average Bonchev–Trinajstić information content (AvgIpc) is 3.65. The molecule has 0 saturated carbocycles. The SMILES string of the molecule is CC[C@@]1(O)CCc2ccc(-n3c(C)cc4cnc(Nc5ccc6c(ccn6C6CCN(C(C)C)CC6)c5)nc43)nc21. The number of nitrogens with one attached hydrogen (secondary N) is 1. The van der Waals surface area contributed by atoms with E-state index < -0.39 is 5.60 Å². The molecule has 0 radical (unpaired) electrons. The molecule has 1 atom stereocenters. The smallest absolute Gasteiger partial charge is 0.229 e. The molecular formula is C33H39N7O. The van der Waals surface area contributed by atoms with Crippen LogP contribution < -0.4 is 5.32 Å². The van der Waals surface area contributed by atoms with Gasteiger partial charge >= 0.3 is 0 Å². The Morgan fingerprint density at radius 1 is 1.05 bits per heavy atom. The van der Waals surface area contributed by atoms with Crippen LogP contribution in [0.5, 0.6) is 0 Å². The Kier molecular flexibility index (Phi) is 6.36. The molecule has 8 heteroatoms. The van der Waals surface area contributed by atoms with Crippen LogP contribution in [0.3, 0.4) is 0 Å². The monoisotopic (exact) mass is 549 g/mol. The molecule has 8 nitrogen and oxygen atoms in total. The highest BCUT2D eigenvalue weighted by Crippen LogP contribution is 2.39. The molecule has 2 aliphatic rings. The first-order valence-corrected chi connectivity index (χ1v) is 15.0. The van der Waals surface area contributed by atoms with Gasteiger partial charge in [0, 0.05) is 65.2 Å². The van der Waals surface area contributed by atoms with E-state index in [0.717, 1.165) is 65.4 Å². The highest BCUT2D eigenvalue weighted by atomic mass is 16.3. The summed E-state index contributed by atoms with van der Waals surface area (Å²) in [6, 6.07) is 16.1. The second-order valence-corrected chi connectivity index (χ2v) is 12.1. The first-order valence-electron chi connectivity index (χ1n) is 15.0. The summed E-state index contributed by atoms with van der Waals surface area (Å²) < 4.78 is 4.52. The van der Waals surface area contributed by atoms with Crippen LogP contribution in [0.2, 0.25) is 0 Å². The number of rotatable bonds is 6. The van der Waals surface area contributed by atoms with E-state index in [2.05, 4.69) is 87.7 Å². The highest BCUT2D eigenvalue weighted by Gasteiger charge is 2.37. The zero-order chi connectivity index (χ0) is 28.3. The lowest BCUT2D eigenvalue weighted by molar-refractivity contribution is 0.0306. The van der Waals surface area contributed by atoms with E-state index in [0.29, 0.717) is 24.5 Å². The number of hydrogen-bond acceptors (Lipinski definition) is 6. The fourth-order valence-corrected chi connectivity index (χ4v) is 6.85. The molecule has 1 aromatic carbocycles. The van der Waals surface area contributed by atoms with Gasteiger partial charge in [-0.1, -0.05) is 13.0 Å². The normalized spacial score (nSPS) is 20.0. The van der Waals surface area contributed by atoms with E-state index in [4.69, 9.17) is 9.97 Å². The van der Waals surface area contributed by atoms with Gasteiger partial charge in [0.25, 0.3) is 0 Å². The fourth-order valence-electron chi connectivity index (χ4n) is 6.85. The number of likely N-dealkylation sites (tertiary alicyclic amines) is 1. The van der Waals surface area contributed by atoms with Crippen molar-refractivity contribution < 1.29 is 5.11 Å². The molecular weight excluding hydrogens is 510 g/mol. The van der Waals surface area contributed by atoms with Crippen molar-refractivity contribution in [3.8, 4) is 5.82 Å². The molecule has 1 aliphatic heterocycles. The van der Waals surface area contributed by atoms with Crippen molar-refractivity contribution in [3.63, 3.8) is 0 Å². The van der Waals surface area contributed by atoms with E-state index in [1.54, 1.807) is 0 Å². The standard InChI is InChI=1S/C33H39N7O/c1-5-33(41)14-10-23-6-9-29(36-30(23)33)40-22(4)18-25-20-34-32(37-31(25)40)35-26-7-8-28-24(19-26)11-17-39(28)27-12-15-38(16-13-27)21(2)3/h6-9,11,17-21,27,41H,5,10,12-16H2,1-4H3,(H,34,35,37)/t33-/m1/s1. The van der Waals surface area contributed by atoms with Crippen LogP contribution in [0.4, 0.5) is 11.6 Å². The predicted molar refractivity (Wildman–Crippen MR) is 164 cm³/mol. The van der Waals surface area contributed by atoms with Gasteiger partial charge in [0.15, 0.2) is 5.65 Å². The molecule has 5 aromatic rings. The number of aryl methyl sites for hydroxylation is 2. The lowest BCUT2D eigenvalue weighted by Crippen LogP contribution is -2.38. The third kappa shape index (κ3) is 4.50.